The average Bonchev–Trinajstić information content (AvgIpc) is 2.67. The Bertz CT molecular complexity index is 621. The van der Waals surface area contributed by atoms with Crippen molar-refractivity contribution in [1.82, 2.24) is 0 Å². The number of halogens is 4. The van der Waals surface area contributed by atoms with E-state index in [1.54, 1.807) is 0 Å². The summed E-state index contributed by atoms with van der Waals surface area (Å²) in [5, 5.41) is 0. The highest BCUT2D eigenvalue weighted by molar-refractivity contribution is 5.30. The van der Waals surface area contributed by atoms with Crippen LogP contribution in [-0.2, 0) is 0 Å². The number of benzene rings is 1. The van der Waals surface area contributed by atoms with Gasteiger partial charge in [-0.15, -0.1) is 0 Å². The molecule has 1 aromatic carbocycles. The van der Waals surface area contributed by atoms with Crippen molar-refractivity contribution in [3.63, 3.8) is 0 Å². The SMILES string of the molecule is CCCC1CCC(C2CCC(C(F)(F)Oc3cc(F)c(C)c(F)c3)CC2)CC1. The molecule has 1 nitrogen and oxygen atoms in total. The molecule has 5 heteroatoms. The van der Waals surface area contributed by atoms with Crippen molar-refractivity contribution in [2.45, 2.75) is 84.2 Å². The first-order valence-corrected chi connectivity index (χ1v) is 10.8. The predicted octanol–water partition coefficient (Wildman–Crippen LogP) is 7.66. The summed E-state index contributed by atoms with van der Waals surface area (Å²) in [7, 11) is 0. The van der Waals surface area contributed by atoms with Gasteiger partial charge in [0.1, 0.15) is 17.4 Å². The van der Waals surface area contributed by atoms with Gasteiger partial charge in [0.15, 0.2) is 0 Å². The van der Waals surface area contributed by atoms with E-state index in [2.05, 4.69) is 6.92 Å². The van der Waals surface area contributed by atoms with E-state index >= 15 is 0 Å². The van der Waals surface area contributed by atoms with Crippen molar-refractivity contribution in [2.24, 2.45) is 23.7 Å². The smallest absolute Gasteiger partial charge is 0.400 e. The maximum Gasteiger partial charge on any atom is 0.400 e. The van der Waals surface area contributed by atoms with Gasteiger partial charge in [0.2, 0.25) is 0 Å². The van der Waals surface area contributed by atoms with Crippen molar-refractivity contribution >= 4 is 0 Å². The van der Waals surface area contributed by atoms with Crippen LogP contribution < -0.4 is 4.74 Å². The van der Waals surface area contributed by atoms with Gasteiger partial charge in [0.05, 0.1) is 5.92 Å². The Balaban J connectivity index is 1.52. The van der Waals surface area contributed by atoms with E-state index in [4.69, 9.17) is 4.74 Å². The van der Waals surface area contributed by atoms with Gasteiger partial charge in [-0.05, 0) is 63.2 Å². The fraction of sp³-hybridized carbons (Fsp3) is 0.739. The van der Waals surface area contributed by atoms with E-state index < -0.39 is 29.4 Å². The zero-order valence-corrected chi connectivity index (χ0v) is 17.0. The van der Waals surface area contributed by atoms with E-state index in [0.717, 1.165) is 30.9 Å². The predicted molar refractivity (Wildman–Crippen MR) is 102 cm³/mol. The summed E-state index contributed by atoms with van der Waals surface area (Å²) >= 11 is 0. The Kier molecular flexibility index (Phi) is 6.93. The lowest BCUT2D eigenvalue weighted by Gasteiger charge is -2.39. The van der Waals surface area contributed by atoms with Crippen LogP contribution in [-0.4, -0.2) is 6.11 Å². The number of hydrogen-bond donors (Lipinski definition) is 0. The largest absolute Gasteiger partial charge is 0.432 e. The third kappa shape index (κ3) is 5.01. The first-order chi connectivity index (χ1) is 13.3. The topological polar surface area (TPSA) is 9.23 Å². The van der Waals surface area contributed by atoms with E-state index in [9.17, 15) is 17.6 Å². The maximum atomic E-state index is 14.6. The van der Waals surface area contributed by atoms with Crippen LogP contribution in [0.1, 0.15) is 76.7 Å². The van der Waals surface area contributed by atoms with Gasteiger partial charge in [0.25, 0.3) is 0 Å². The second-order valence-electron chi connectivity index (χ2n) is 8.86. The van der Waals surface area contributed by atoms with Crippen LogP contribution in [0.2, 0.25) is 0 Å². The van der Waals surface area contributed by atoms with Crippen molar-refractivity contribution in [1.29, 1.82) is 0 Å². The van der Waals surface area contributed by atoms with Crippen LogP contribution in [0, 0.1) is 42.2 Å². The molecular weight excluding hydrogens is 368 g/mol. The molecule has 0 heterocycles. The molecule has 2 fully saturated rings. The second-order valence-corrected chi connectivity index (χ2v) is 8.86. The molecule has 0 spiro atoms. The van der Waals surface area contributed by atoms with Crippen molar-refractivity contribution in [3.05, 3.63) is 29.3 Å². The molecule has 158 valence electrons. The van der Waals surface area contributed by atoms with Gasteiger partial charge in [-0.25, -0.2) is 8.78 Å². The van der Waals surface area contributed by atoms with E-state index in [0.29, 0.717) is 24.7 Å². The summed E-state index contributed by atoms with van der Waals surface area (Å²) in [5.74, 6) is -1.02. The Morgan fingerprint density at radius 3 is 1.89 bits per heavy atom. The molecule has 0 N–H and O–H groups in total. The minimum atomic E-state index is -3.40. The third-order valence-corrected chi connectivity index (χ3v) is 7.01. The summed E-state index contributed by atoms with van der Waals surface area (Å²) in [6.45, 7) is 3.50. The fourth-order valence-corrected chi connectivity index (χ4v) is 5.20. The molecule has 0 saturated heterocycles. The van der Waals surface area contributed by atoms with Crippen LogP contribution in [0.25, 0.3) is 0 Å². The monoisotopic (exact) mass is 400 g/mol. The number of rotatable bonds is 6. The Morgan fingerprint density at radius 1 is 0.893 bits per heavy atom. The molecular formula is C23H32F4O. The molecule has 28 heavy (non-hydrogen) atoms. The highest BCUT2D eigenvalue weighted by Crippen LogP contribution is 2.46. The minimum Gasteiger partial charge on any atom is -0.432 e. The minimum absolute atomic E-state index is 0.190. The molecule has 0 unspecified atom stereocenters. The third-order valence-electron chi connectivity index (χ3n) is 7.01. The van der Waals surface area contributed by atoms with Crippen molar-refractivity contribution in [2.75, 3.05) is 0 Å². The van der Waals surface area contributed by atoms with Crippen LogP contribution in [0.4, 0.5) is 17.6 Å². The quantitative estimate of drug-likeness (QED) is 0.445. The van der Waals surface area contributed by atoms with Crippen LogP contribution in [0.15, 0.2) is 12.1 Å². The van der Waals surface area contributed by atoms with Gasteiger partial charge in [-0.3, -0.25) is 0 Å². The standard InChI is InChI=1S/C23H32F4O/c1-3-4-16-5-7-17(8-6-16)18-9-11-19(12-10-18)23(26,27)28-20-13-21(24)15(2)22(25)14-20/h13-14,16-19H,3-12H2,1-2H3. The summed E-state index contributed by atoms with van der Waals surface area (Å²) in [5.41, 5.74) is -0.190. The second kappa shape index (κ2) is 9.04. The lowest BCUT2D eigenvalue weighted by Crippen LogP contribution is -2.38. The highest BCUT2D eigenvalue weighted by Gasteiger charge is 2.45. The Labute approximate surface area is 165 Å². The van der Waals surface area contributed by atoms with E-state index in [1.165, 1.54) is 45.4 Å². The molecule has 1 aromatic rings. The zero-order valence-electron chi connectivity index (χ0n) is 17.0. The first-order valence-electron chi connectivity index (χ1n) is 10.8. The summed E-state index contributed by atoms with van der Waals surface area (Å²) in [6.07, 6.45) is 6.57. The van der Waals surface area contributed by atoms with E-state index in [-0.39, 0.29) is 5.56 Å². The molecule has 0 bridgehead atoms. The fourth-order valence-electron chi connectivity index (χ4n) is 5.20. The molecule has 0 radical (unpaired) electrons. The molecule has 2 aliphatic carbocycles. The number of hydrogen-bond acceptors (Lipinski definition) is 1. The van der Waals surface area contributed by atoms with Crippen LogP contribution in [0.3, 0.4) is 0 Å². The van der Waals surface area contributed by atoms with Gasteiger partial charge in [-0.2, -0.15) is 8.78 Å². The molecule has 0 atom stereocenters. The molecule has 0 amide bonds. The highest BCUT2D eigenvalue weighted by atomic mass is 19.3. The number of ether oxygens (including phenoxy) is 1. The van der Waals surface area contributed by atoms with Gasteiger partial charge >= 0.3 is 6.11 Å². The Hall–Kier alpha value is -1.26. The van der Waals surface area contributed by atoms with Crippen molar-refractivity contribution < 1.29 is 22.3 Å². The summed E-state index contributed by atoms with van der Waals surface area (Å²) in [6, 6.07) is 1.68. The number of alkyl halides is 2. The normalized spacial score (nSPS) is 28.9. The van der Waals surface area contributed by atoms with Crippen LogP contribution in [0.5, 0.6) is 5.75 Å². The molecule has 3 rings (SSSR count). The average molecular weight is 401 g/mol. The first kappa shape index (κ1) is 21.4. The van der Waals surface area contributed by atoms with Gasteiger partial charge in [-0.1, -0.05) is 32.6 Å². The lowest BCUT2D eigenvalue weighted by atomic mass is 9.68. The molecule has 0 aliphatic heterocycles. The van der Waals surface area contributed by atoms with Crippen LogP contribution >= 0.6 is 0 Å². The molecule has 2 saturated carbocycles. The molecule has 2 aliphatic rings. The molecule has 0 aromatic heterocycles. The van der Waals surface area contributed by atoms with Gasteiger partial charge < -0.3 is 4.74 Å². The summed E-state index contributed by atoms with van der Waals surface area (Å²) < 4.78 is 61.2. The van der Waals surface area contributed by atoms with E-state index in [1.807, 2.05) is 0 Å². The zero-order chi connectivity index (χ0) is 20.3. The maximum absolute atomic E-state index is 14.6. The lowest BCUT2D eigenvalue weighted by molar-refractivity contribution is -0.224. The van der Waals surface area contributed by atoms with Gasteiger partial charge in [0, 0.05) is 17.7 Å². The van der Waals surface area contributed by atoms with Crippen molar-refractivity contribution in [3.8, 4) is 5.75 Å². The Morgan fingerprint density at radius 2 is 1.39 bits per heavy atom. The summed E-state index contributed by atoms with van der Waals surface area (Å²) in [4.78, 5) is 0.